The van der Waals surface area contributed by atoms with E-state index in [4.69, 9.17) is 16.0 Å². The molecule has 0 bridgehead atoms. The Morgan fingerprint density at radius 2 is 1.93 bits per heavy atom. The number of carbonyl (C=O) groups excluding carboxylic acids is 1. The number of hydrazone groups is 1. The minimum absolute atomic E-state index is 0.166. The van der Waals surface area contributed by atoms with Crippen molar-refractivity contribution in [1.29, 1.82) is 0 Å². The van der Waals surface area contributed by atoms with Gasteiger partial charge in [0.05, 0.1) is 16.4 Å². The van der Waals surface area contributed by atoms with Crippen LogP contribution in [0.4, 0.5) is 0 Å². The normalized spacial score (nSPS) is 11.2. The lowest BCUT2D eigenvalue weighted by Gasteiger charge is -2.02. The van der Waals surface area contributed by atoms with E-state index >= 15 is 0 Å². The van der Waals surface area contributed by atoms with Crippen LogP contribution < -0.4 is 5.43 Å². The summed E-state index contributed by atoms with van der Waals surface area (Å²) in [7, 11) is 0. The lowest BCUT2D eigenvalue weighted by atomic mass is 10.4. The molecule has 0 spiro atoms. The zero-order valence-electron chi connectivity index (χ0n) is 15.5. The fourth-order valence-corrected chi connectivity index (χ4v) is 4.40. The van der Waals surface area contributed by atoms with Gasteiger partial charge in [-0.2, -0.15) is 5.10 Å². The van der Waals surface area contributed by atoms with Gasteiger partial charge < -0.3 is 4.42 Å². The van der Waals surface area contributed by atoms with Crippen LogP contribution in [-0.4, -0.2) is 27.8 Å². The van der Waals surface area contributed by atoms with Crippen LogP contribution in [0.2, 0.25) is 5.02 Å². The maximum absolute atomic E-state index is 12.0. The van der Waals surface area contributed by atoms with Crippen molar-refractivity contribution in [2.45, 2.75) is 29.0 Å². The fourth-order valence-electron chi connectivity index (χ4n) is 2.20. The number of hydrogen-bond acceptors (Lipinski definition) is 7. The van der Waals surface area contributed by atoms with Crippen molar-refractivity contribution in [2.75, 3.05) is 5.75 Å². The molecule has 3 rings (SSSR count). The van der Waals surface area contributed by atoms with Gasteiger partial charge in [0.15, 0.2) is 10.2 Å². The number of furan rings is 1. The molecule has 0 aliphatic carbocycles. The molecule has 3 aromatic rings. The Balaban J connectivity index is 1.52. The number of nitrogens with zero attached hydrogens (tertiary/aromatic N) is 3. The van der Waals surface area contributed by atoms with E-state index < -0.39 is 0 Å². The molecule has 0 saturated carbocycles. The standard InChI is InChI=1S/C19H16BrClN4O2S2/c1-11-7-12(2)24-19(23-11)28-10-17(26)25-22-9-14-8-16(20)18(27-14)29-15-5-3-13(21)4-6-15/h3-9H,10H2,1-2H3,(H,25,26)/b22-9-. The van der Waals surface area contributed by atoms with E-state index in [1.54, 1.807) is 6.07 Å². The molecule has 0 radical (unpaired) electrons. The predicted octanol–water partition coefficient (Wildman–Crippen LogP) is 5.50. The second-order valence-electron chi connectivity index (χ2n) is 5.86. The van der Waals surface area contributed by atoms with Gasteiger partial charge >= 0.3 is 0 Å². The van der Waals surface area contributed by atoms with Crippen LogP contribution in [0.5, 0.6) is 0 Å². The zero-order valence-corrected chi connectivity index (χ0v) is 19.5. The maximum Gasteiger partial charge on any atom is 0.250 e. The molecule has 0 aliphatic rings. The van der Waals surface area contributed by atoms with Crippen molar-refractivity contribution in [2.24, 2.45) is 5.10 Å². The summed E-state index contributed by atoms with van der Waals surface area (Å²) in [5, 5.41) is 5.87. The van der Waals surface area contributed by atoms with Crippen molar-refractivity contribution in [3.63, 3.8) is 0 Å². The largest absolute Gasteiger partial charge is 0.447 e. The molecule has 0 saturated heterocycles. The van der Waals surface area contributed by atoms with Crippen LogP contribution in [0.15, 0.2) is 65.5 Å². The molecule has 0 atom stereocenters. The van der Waals surface area contributed by atoms with E-state index in [0.29, 0.717) is 21.0 Å². The monoisotopic (exact) mass is 510 g/mol. The molecule has 1 aromatic carbocycles. The van der Waals surface area contributed by atoms with E-state index in [9.17, 15) is 4.79 Å². The Hall–Kier alpha value is -1.81. The van der Waals surface area contributed by atoms with Gasteiger partial charge in [-0.1, -0.05) is 35.1 Å². The Morgan fingerprint density at radius 3 is 2.62 bits per heavy atom. The van der Waals surface area contributed by atoms with Crippen molar-refractivity contribution < 1.29 is 9.21 Å². The number of hydrogen-bond donors (Lipinski definition) is 1. The highest BCUT2D eigenvalue weighted by Crippen LogP contribution is 2.35. The highest BCUT2D eigenvalue weighted by Gasteiger charge is 2.10. The lowest BCUT2D eigenvalue weighted by molar-refractivity contribution is -0.118. The first-order valence-corrected chi connectivity index (χ1v) is 11.4. The summed E-state index contributed by atoms with van der Waals surface area (Å²) in [5.74, 6) is 0.425. The first-order valence-electron chi connectivity index (χ1n) is 8.39. The topological polar surface area (TPSA) is 80.4 Å². The third-order valence-electron chi connectivity index (χ3n) is 3.37. The fraction of sp³-hybridized carbons (Fsp3) is 0.158. The quantitative estimate of drug-likeness (QED) is 0.195. The average Bonchev–Trinajstić information content (AvgIpc) is 3.00. The molecule has 0 fully saturated rings. The Kier molecular flexibility index (Phi) is 7.77. The number of aromatic nitrogens is 2. The van der Waals surface area contributed by atoms with Crippen molar-refractivity contribution >= 4 is 63.2 Å². The number of rotatable bonds is 7. The van der Waals surface area contributed by atoms with Crippen LogP contribution in [0, 0.1) is 13.8 Å². The molecule has 29 heavy (non-hydrogen) atoms. The Morgan fingerprint density at radius 1 is 1.24 bits per heavy atom. The number of carbonyl (C=O) groups is 1. The first kappa shape index (κ1) is 21.9. The summed E-state index contributed by atoms with van der Waals surface area (Å²) in [5.41, 5.74) is 4.21. The zero-order chi connectivity index (χ0) is 20.8. The van der Waals surface area contributed by atoms with E-state index in [0.717, 1.165) is 20.8 Å². The highest BCUT2D eigenvalue weighted by atomic mass is 79.9. The molecule has 10 heteroatoms. The van der Waals surface area contributed by atoms with Gasteiger partial charge in [0.25, 0.3) is 5.91 Å². The molecule has 0 unspecified atom stereocenters. The summed E-state index contributed by atoms with van der Waals surface area (Å²) in [6.07, 6.45) is 1.45. The number of aryl methyl sites for hydroxylation is 2. The van der Waals surface area contributed by atoms with Gasteiger partial charge in [-0.25, -0.2) is 15.4 Å². The molecule has 2 heterocycles. The van der Waals surface area contributed by atoms with Crippen molar-refractivity contribution in [3.05, 3.63) is 63.0 Å². The van der Waals surface area contributed by atoms with Crippen LogP contribution in [0.1, 0.15) is 17.1 Å². The predicted molar refractivity (Wildman–Crippen MR) is 120 cm³/mol. The SMILES string of the molecule is Cc1cc(C)nc(SCC(=O)N/N=C\c2cc(Br)c(Sc3ccc(Cl)cc3)o2)n1. The Labute approximate surface area is 190 Å². The number of amides is 1. The van der Waals surface area contributed by atoms with Gasteiger partial charge in [0.1, 0.15) is 5.76 Å². The van der Waals surface area contributed by atoms with Crippen LogP contribution in [0.3, 0.4) is 0 Å². The minimum Gasteiger partial charge on any atom is -0.447 e. The minimum atomic E-state index is -0.254. The van der Waals surface area contributed by atoms with Crippen LogP contribution in [0.25, 0.3) is 0 Å². The van der Waals surface area contributed by atoms with Crippen molar-refractivity contribution in [1.82, 2.24) is 15.4 Å². The van der Waals surface area contributed by atoms with Gasteiger partial charge in [0, 0.05) is 27.4 Å². The molecule has 6 nitrogen and oxygen atoms in total. The van der Waals surface area contributed by atoms with Gasteiger partial charge in [0.2, 0.25) is 0 Å². The number of halogens is 2. The summed E-state index contributed by atoms with van der Waals surface area (Å²) in [6, 6.07) is 11.1. The first-order chi connectivity index (χ1) is 13.9. The second kappa shape index (κ2) is 10.3. The van der Waals surface area contributed by atoms with Gasteiger partial charge in [-0.3, -0.25) is 4.79 Å². The summed E-state index contributed by atoms with van der Waals surface area (Å²) in [4.78, 5) is 21.5. The van der Waals surface area contributed by atoms with Gasteiger partial charge in [-0.05, 0) is 60.1 Å². The number of thioether (sulfide) groups is 1. The van der Waals surface area contributed by atoms with Crippen LogP contribution in [-0.2, 0) is 4.79 Å². The summed E-state index contributed by atoms with van der Waals surface area (Å²) in [6.45, 7) is 3.79. The van der Waals surface area contributed by atoms with Gasteiger partial charge in [-0.15, -0.1) is 0 Å². The van der Waals surface area contributed by atoms with E-state index in [-0.39, 0.29) is 11.7 Å². The number of benzene rings is 1. The molecule has 0 aliphatic heterocycles. The molecular formula is C19H16BrClN4O2S2. The number of nitrogens with one attached hydrogen (secondary N) is 1. The van der Waals surface area contributed by atoms with Crippen LogP contribution >= 0.6 is 51.1 Å². The maximum atomic E-state index is 12.0. The third-order valence-corrected chi connectivity index (χ3v) is 6.32. The Bertz CT molecular complexity index is 1020. The smallest absolute Gasteiger partial charge is 0.250 e. The van der Waals surface area contributed by atoms with E-state index in [1.165, 1.54) is 29.7 Å². The molecule has 1 amide bonds. The molecular weight excluding hydrogens is 496 g/mol. The highest BCUT2D eigenvalue weighted by molar-refractivity contribution is 9.10. The second-order valence-corrected chi connectivity index (χ2v) is 9.13. The third kappa shape index (κ3) is 6.88. The average molecular weight is 512 g/mol. The van der Waals surface area contributed by atoms with Crippen molar-refractivity contribution in [3.8, 4) is 0 Å². The van der Waals surface area contributed by atoms with E-state index in [2.05, 4.69) is 36.4 Å². The molecule has 150 valence electrons. The summed E-state index contributed by atoms with van der Waals surface area (Å²) < 4.78 is 6.54. The lowest BCUT2D eigenvalue weighted by Crippen LogP contribution is -2.19. The van der Waals surface area contributed by atoms with E-state index in [1.807, 2.05) is 44.2 Å². The summed E-state index contributed by atoms with van der Waals surface area (Å²) >= 11 is 12.1. The molecule has 2 aromatic heterocycles. The molecule has 1 N–H and O–H groups in total.